The van der Waals surface area contributed by atoms with Gasteiger partial charge in [0.05, 0.1) is 23.0 Å². The third-order valence-corrected chi connectivity index (χ3v) is 9.37. The average Bonchev–Trinajstić information content (AvgIpc) is 3.74. The first kappa shape index (κ1) is 26.1. The molecule has 15 nitrogen and oxygen atoms in total. The number of aryl methyl sites for hydroxylation is 1. The summed E-state index contributed by atoms with van der Waals surface area (Å²) in [4.78, 5) is 23.8. The highest BCUT2D eigenvalue weighted by atomic mass is 32.2. The summed E-state index contributed by atoms with van der Waals surface area (Å²) in [5.74, 6) is -0.351. The van der Waals surface area contributed by atoms with Gasteiger partial charge in [0.1, 0.15) is 17.0 Å². The van der Waals surface area contributed by atoms with Crippen molar-refractivity contribution in [2.24, 2.45) is 7.05 Å². The summed E-state index contributed by atoms with van der Waals surface area (Å²) in [7, 11) is -2.02. The molecule has 2 bridgehead atoms. The number of nitrogens with zero attached hydrogens (tertiary/aromatic N) is 9. The minimum Gasteiger partial charge on any atom is -0.618 e. The molecular weight excluding hydrogens is 562 g/mol. The summed E-state index contributed by atoms with van der Waals surface area (Å²) in [5.41, 5.74) is 9.16. The van der Waals surface area contributed by atoms with Gasteiger partial charge in [0.15, 0.2) is 27.4 Å². The molecule has 16 heteroatoms. The number of amides is 1. The first-order valence-electron chi connectivity index (χ1n) is 13.4. The molecule has 0 aromatic carbocycles. The summed E-state index contributed by atoms with van der Waals surface area (Å²) in [6, 6.07) is 4.97. The van der Waals surface area contributed by atoms with Crippen LogP contribution in [0.15, 0.2) is 48.0 Å². The van der Waals surface area contributed by atoms with Gasteiger partial charge in [0.25, 0.3) is 5.91 Å². The molecule has 2 aliphatic heterocycles. The first-order valence-corrected chi connectivity index (χ1v) is 15.3. The SMILES string of the molecule is Cn1ccc(-c2ccc(-c3cnn4c(N)c(S(C)(=O)=O)c(C5CC6CCC(C5)N6C(=O)c5ncn[nH]5)nc34)c[n+]2[O-])n1. The molecule has 0 aliphatic carbocycles. The lowest BCUT2D eigenvalue weighted by atomic mass is 9.87. The smallest absolute Gasteiger partial charge is 0.291 e. The van der Waals surface area contributed by atoms with E-state index in [4.69, 9.17) is 10.7 Å². The number of pyridine rings is 1. The maximum atomic E-state index is 13.1. The summed E-state index contributed by atoms with van der Waals surface area (Å²) < 4.78 is 29.8. The van der Waals surface area contributed by atoms with Gasteiger partial charge >= 0.3 is 0 Å². The van der Waals surface area contributed by atoms with E-state index in [0.29, 0.717) is 46.7 Å². The van der Waals surface area contributed by atoms with E-state index in [0.717, 1.165) is 23.8 Å². The van der Waals surface area contributed by atoms with Gasteiger partial charge in [-0.3, -0.25) is 14.6 Å². The van der Waals surface area contributed by atoms with Crippen molar-refractivity contribution in [2.75, 3.05) is 12.0 Å². The van der Waals surface area contributed by atoms with Crippen LogP contribution in [-0.2, 0) is 16.9 Å². The fraction of sp³-hybridized carbons (Fsp3) is 0.346. The molecule has 216 valence electrons. The van der Waals surface area contributed by atoms with Crippen LogP contribution in [0.2, 0.25) is 0 Å². The van der Waals surface area contributed by atoms with Gasteiger partial charge in [-0.1, -0.05) is 0 Å². The molecule has 1 amide bonds. The van der Waals surface area contributed by atoms with Crippen LogP contribution in [0.4, 0.5) is 5.82 Å². The molecule has 7 heterocycles. The Morgan fingerprint density at radius 1 is 1.19 bits per heavy atom. The molecule has 2 saturated heterocycles. The van der Waals surface area contributed by atoms with Crippen LogP contribution < -0.4 is 10.5 Å². The van der Waals surface area contributed by atoms with Gasteiger partial charge in [-0.05, 0) is 37.8 Å². The standard InChI is InChI=1S/C26H27N11O4S/c1-34-8-7-19(33-34)20-6-3-14(12-35(20)39)18-11-30-37-23(27)22(42(2,40)41)21(31-25(18)37)15-9-16-4-5-17(10-15)36(16)26(38)24-28-13-29-32-24/h3,6-8,11-13,15-17H,4-5,9-10,27H2,1-2H3,(H,28,29,32). The van der Waals surface area contributed by atoms with Crippen molar-refractivity contribution in [2.45, 2.75) is 48.6 Å². The fourth-order valence-corrected chi connectivity index (χ4v) is 7.49. The summed E-state index contributed by atoms with van der Waals surface area (Å²) in [6.07, 6.45) is 9.70. The molecule has 0 saturated carbocycles. The van der Waals surface area contributed by atoms with Gasteiger partial charge in [0.2, 0.25) is 11.5 Å². The molecule has 7 rings (SSSR count). The van der Waals surface area contributed by atoms with E-state index < -0.39 is 9.84 Å². The molecule has 0 radical (unpaired) electrons. The maximum Gasteiger partial charge on any atom is 0.291 e. The van der Waals surface area contributed by atoms with Crippen molar-refractivity contribution in [1.29, 1.82) is 0 Å². The maximum absolute atomic E-state index is 13.1. The number of aromatic nitrogens is 9. The second kappa shape index (κ2) is 9.34. The van der Waals surface area contributed by atoms with E-state index in [2.05, 4.69) is 25.4 Å². The van der Waals surface area contributed by atoms with E-state index in [1.54, 1.807) is 36.1 Å². The van der Waals surface area contributed by atoms with Crippen molar-refractivity contribution in [3.63, 3.8) is 0 Å². The number of anilines is 1. The zero-order valence-electron chi connectivity index (χ0n) is 22.7. The number of nitrogen functional groups attached to an aromatic ring is 1. The molecular formula is C26H27N11O4S. The number of carbonyl (C=O) groups excluding carboxylic acids is 1. The van der Waals surface area contributed by atoms with Crippen molar-refractivity contribution >= 4 is 27.2 Å². The zero-order chi connectivity index (χ0) is 29.3. The van der Waals surface area contributed by atoms with Crippen molar-refractivity contribution in [3.05, 3.63) is 59.8 Å². The predicted octanol–water partition coefficient (Wildman–Crippen LogP) is 1.08. The number of rotatable bonds is 5. The van der Waals surface area contributed by atoms with Gasteiger partial charge in [0, 0.05) is 43.6 Å². The highest BCUT2D eigenvalue weighted by Crippen LogP contribution is 2.45. The molecule has 0 spiro atoms. The zero-order valence-corrected chi connectivity index (χ0v) is 23.6. The quantitative estimate of drug-likeness (QED) is 0.221. The number of fused-ring (bicyclic) bond motifs is 3. The summed E-state index contributed by atoms with van der Waals surface area (Å²) in [5, 5.41) is 28.1. The monoisotopic (exact) mass is 589 g/mol. The van der Waals surface area contributed by atoms with Gasteiger partial charge < -0.3 is 15.8 Å². The predicted molar refractivity (Wildman–Crippen MR) is 148 cm³/mol. The molecule has 5 aromatic heterocycles. The Morgan fingerprint density at radius 3 is 2.57 bits per heavy atom. The minimum atomic E-state index is -3.80. The summed E-state index contributed by atoms with van der Waals surface area (Å²) in [6.45, 7) is 0. The fourth-order valence-electron chi connectivity index (χ4n) is 6.43. The van der Waals surface area contributed by atoms with E-state index in [9.17, 15) is 18.4 Å². The van der Waals surface area contributed by atoms with Gasteiger partial charge in [-0.25, -0.2) is 18.4 Å². The Labute approximate surface area is 239 Å². The van der Waals surface area contributed by atoms with Crippen LogP contribution in [0.1, 0.15) is 47.9 Å². The van der Waals surface area contributed by atoms with Crippen LogP contribution in [0.3, 0.4) is 0 Å². The van der Waals surface area contributed by atoms with E-state index >= 15 is 0 Å². The normalized spacial score (nSPS) is 20.4. The molecule has 2 aliphatic rings. The number of nitrogens with two attached hydrogens (primary N) is 1. The lowest BCUT2D eigenvalue weighted by Crippen LogP contribution is -2.46. The van der Waals surface area contributed by atoms with E-state index in [-0.39, 0.29) is 40.4 Å². The number of hydrogen-bond donors (Lipinski definition) is 2. The molecule has 2 fully saturated rings. The second-order valence-corrected chi connectivity index (χ2v) is 12.8. The van der Waals surface area contributed by atoms with Crippen LogP contribution in [0.25, 0.3) is 28.2 Å². The third-order valence-electron chi connectivity index (χ3n) is 8.21. The number of H-pyrrole nitrogens is 1. The van der Waals surface area contributed by atoms with Crippen LogP contribution >= 0.6 is 0 Å². The largest absolute Gasteiger partial charge is 0.618 e. The van der Waals surface area contributed by atoms with Gasteiger partial charge in [-0.15, -0.1) is 0 Å². The summed E-state index contributed by atoms with van der Waals surface area (Å²) >= 11 is 0. The lowest BCUT2D eigenvalue weighted by Gasteiger charge is -2.38. The Bertz CT molecular complexity index is 1950. The molecule has 2 unspecified atom stereocenters. The lowest BCUT2D eigenvalue weighted by molar-refractivity contribution is -0.593. The third kappa shape index (κ3) is 4.08. The molecule has 5 aromatic rings. The van der Waals surface area contributed by atoms with Gasteiger partial charge in [-0.2, -0.15) is 24.5 Å². The van der Waals surface area contributed by atoms with E-state index in [1.165, 1.54) is 23.2 Å². The Balaban J connectivity index is 1.30. The number of aromatic amines is 1. The van der Waals surface area contributed by atoms with E-state index in [1.807, 2.05) is 4.90 Å². The molecule has 2 atom stereocenters. The number of nitrogens with one attached hydrogen (secondary N) is 1. The van der Waals surface area contributed by atoms with Crippen LogP contribution in [0.5, 0.6) is 0 Å². The first-order chi connectivity index (χ1) is 20.1. The second-order valence-electron chi connectivity index (χ2n) is 10.9. The Morgan fingerprint density at radius 2 is 1.95 bits per heavy atom. The van der Waals surface area contributed by atoms with Crippen LogP contribution in [0, 0.1) is 5.21 Å². The number of carbonyl (C=O) groups is 1. The Hall–Kier alpha value is -4.86. The van der Waals surface area contributed by atoms with Crippen molar-refractivity contribution < 1.29 is 17.9 Å². The van der Waals surface area contributed by atoms with Crippen molar-refractivity contribution in [3.8, 4) is 22.5 Å². The minimum absolute atomic E-state index is 0.0450. The van der Waals surface area contributed by atoms with Crippen LogP contribution in [-0.4, -0.2) is 77.1 Å². The highest BCUT2D eigenvalue weighted by molar-refractivity contribution is 7.91. The highest BCUT2D eigenvalue weighted by Gasteiger charge is 2.46. The van der Waals surface area contributed by atoms with Crippen molar-refractivity contribution in [1.82, 2.24) is 44.5 Å². The number of hydrogen-bond acceptors (Lipinski definition) is 10. The molecule has 3 N–H and O–H groups in total. The topological polar surface area (TPSA) is 197 Å². The number of piperidine rings is 1. The average molecular weight is 590 g/mol. The molecule has 42 heavy (non-hydrogen) atoms. The Kier molecular flexibility index (Phi) is 5.79. The number of sulfone groups is 1.